The third-order valence-electron chi connectivity index (χ3n) is 4.76. The number of nitrogens with one attached hydrogen (secondary N) is 1. The molecule has 7 heteroatoms. The number of aryl methyl sites for hydroxylation is 1. The molecule has 0 unspecified atom stereocenters. The second kappa shape index (κ2) is 4.89. The first kappa shape index (κ1) is 13.9. The molecule has 0 radical (unpaired) electrons. The van der Waals surface area contributed by atoms with Crippen LogP contribution in [0.2, 0.25) is 0 Å². The van der Waals surface area contributed by atoms with Crippen LogP contribution in [0.1, 0.15) is 35.0 Å². The molecular weight excluding hydrogens is 304 g/mol. The standard InChI is InChI=1S/C15H16N2O4S/c1-2-8-5-7(6-22-8)13(18)16-17-14(19)11-9-3-4-10(21-9)12(11)15(17)20/h5-6,9-12H,2-4H2,1H3,(H,16,18)/t9-,10+,11-,12+. The van der Waals surface area contributed by atoms with Crippen molar-refractivity contribution in [2.45, 2.75) is 38.4 Å². The highest BCUT2D eigenvalue weighted by Gasteiger charge is 2.62. The summed E-state index contributed by atoms with van der Waals surface area (Å²) in [6.07, 6.45) is 2.15. The number of imide groups is 1. The maximum absolute atomic E-state index is 12.4. The molecule has 1 aromatic rings. The number of thiophene rings is 1. The molecule has 0 aliphatic carbocycles. The van der Waals surface area contributed by atoms with Crippen molar-refractivity contribution in [2.75, 3.05) is 0 Å². The Kier molecular flexibility index (Phi) is 3.09. The summed E-state index contributed by atoms with van der Waals surface area (Å²) in [5.41, 5.74) is 2.96. The van der Waals surface area contributed by atoms with Crippen molar-refractivity contribution in [2.24, 2.45) is 11.8 Å². The van der Waals surface area contributed by atoms with Gasteiger partial charge in [0.25, 0.3) is 17.7 Å². The van der Waals surface area contributed by atoms with E-state index >= 15 is 0 Å². The highest BCUT2D eigenvalue weighted by atomic mass is 32.1. The van der Waals surface area contributed by atoms with Gasteiger partial charge in [0.1, 0.15) is 0 Å². The van der Waals surface area contributed by atoms with E-state index in [4.69, 9.17) is 4.74 Å². The molecule has 4 atom stereocenters. The number of fused-ring (bicyclic) bond motifs is 5. The Labute approximate surface area is 131 Å². The minimum absolute atomic E-state index is 0.166. The highest BCUT2D eigenvalue weighted by molar-refractivity contribution is 7.10. The predicted octanol–water partition coefficient (Wildman–Crippen LogP) is 1.12. The number of hydrazine groups is 1. The third kappa shape index (κ3) is 1.85. The molecule has 0 saturated carbocycles. The van der Waals surface area contributed by atoms with E-state index in [0.29, 0.717) is 5.56 Å². The Hall–Kier alpha value is -1.73. The van der Waals surface area contributed by atoms with Crippen LogP contribution in [-0.4, -0.2) is 34.9 Å². The molecule has 3 fully saturated rings. The van der Waals surface area contributed by atoms with Gasteiger partial charge in [0.15, 0.2) is 0 Å². The van der Waals surface area contributed by atoms with Gasteiger partial charge in [-0.25, -0.2) is 0 Å². The fourth-order valence-electron chi connectivity index (χ4n) is 3.67. The number of hydrogen-bond acceptors (Lipinski definition) is 5. The lowest BCUT2D eigenvalue weighted by molar-refractivity contribution is -0.145. The third-order valence-corrected chi connectivity index (χ3v) is 5.84. The summed E-state index contributed by atoms with van der Waals surface area (Å²) >= 11 is 1.50. The topological polar surface area (TPSA) is 75.7 Å². The van der Waals surface area contributed by atoms with E-state index in [1.165, 1.54) is 11.3 Å². The first-order chi connectivity index (χ1) is 10.6. The number of carbonyl (C=O) groups is 3. The average molecular weight is 320 g/mol. The van der Waals surface area contributed by atoms with E-state index in [1.807, 2.05) is 6.92 Å². The van der Waals surface area contributed by atoms with Gasteiger partial charge in [-0.05, 0) is 25.3 Å². The normalized spacial score (nSPS) is 32.7. The van der Waals surface area contributed by atoms with E-state index < -0.39 is 17.7 Å². The number of ether oxygens (including phenoxy) is 1. The molecule has 3 amide bonds. The van der Waals surface area contributed by atoms with Gasteiger partial charge in [0.2, 0.25) is 0 Å². The van der Waals surface area contributed by atoms with Crippen molar-refractivity contribution in [3.05, 3.63) is 21.9 Å². The first-order valence-corrected chi connectivity index (χ1v) is 8.39. The molecule has 2 bridgehead atoms. The Bertz CT molecular complexity index is 642. The molecule has 1 aromatic heterocycles. The molecule has 6 nitrogen and oxygen atoms in total. The van der Waals surface area contributed by atoms with Crippen LogP contribution in [0.25, 0.3) is 0 Å². The van der Waals surface area contributed by atoms with Crippen molar-refractivity contribution in [1.29, 1.82) is 0 Å². The molecule has 3 aliphatic rings. The Morgan fingerprint density at radius 2 is 1.95 bits per heavy atom. The molecular formula is C15H16N2O4S. The van der Waals surface area contributed by atoms with Crippen LogP contribution in [0, 0.1) is 11.8 Å². The Morgan fingerprint density at radius 3 is 2.50 bits per heavy atom. The molecule has 4 heterocycles. The van der Waals surface area contributed by atoms with Gasteiger partial charge < -0.3 is 4.74 Å². The molecule has 3 saturated heterocycles. The summed E-state index contributed by atoms with van der Waals surface area (Å²) in [6, 6.07) is 1.79. The van der Waals surface area contributed by atoms with Gasteiger partial charge in [-0.1, -0.05) is 6.92 Å². The predicted molar refractivity (Wildman–Crippen MR) is 77.9 cm³/mol. The van der Waals surface area contributed by atoms with E-state index in [9.17, 15) is 14.4 Å². The molecule has 1 N–H and O–H groups in total. The van der Waals surface area contributed by atoms with Crippen molar-refractivity contribution in [1.82, 2.24) is 10.4 Å². The van der Waals surface area contributed by atoms with Gasteiger partial charge in [-0.3, -0.25) is 19.8 Å². The Balaban J connectivity index is 1.52. The maximum atomic E-state index is 12.4. The number of carbonyl (C=O) groups excluding carboxylic acids is 3. The number of rotatable bonds is 3. The van der Waals surface area contributed by atoms with Gasteiger partial charge in [0, 0.05) is 10.3 Å². The van der Waals surface area contributed by atoms with E-state index in [0.717, 1.165) is 29.1 Å². The average Bonchev–Trinajstić information content (AvgIpc) is 3.26. The van der Waals surface area contributed by atoms with Crippen LogP contribution in [-0.2, 0) is 20.7 Å². The quantitative estimate of drug-likeness (QED) is 0.847. The van der Waals surface area contributed by atoms with Crippen LogP contribution in [0.5, 0.6) is 0 Å². The Morgan fingerprint density at radius 1 is 1.32 bits per heavy atom. The second-order valence-corrected chi connectivity index (χ2v) is 6.95. The minimum atomic E-state index is -0.416. The van der Waals surface area contributed by atoms with Gasteiger partial charge in [0.05, 0.1) is 29.6 Å². The van der Waals surface area contributed by atoms with Crippen molar-refractivity contribution in [3.8, 4) is 0 Å². The zero-order valence-electron chi connectivity index (χ0n) is 12.1. The lowest BCUT2D eigenvalue weighted by Crippen LogP contribution is -2.47. The largest absolute Gasteiger partial charge is 0.373 e. The van der Waals surface area contributed by atoms with Gasteiger partial charge in [-0.2, -0.15) is 5.01 Å². The number of nitrogens with zero attached hydrogens (tertiary/aromatic N) is 1. The van der Waals surface area contributed by atoms with Crippen LogP contribution in [0.15, 0.2) is 11.4 Å². The number of hydrogen-bond donors (Lipinski definition) is 1. The lowest BCUT2D eigenvalue weighted by Gasteiger charge is -2.17. The van der Waals surface area contributed by atoms with Crippen molar-refractivity contribution < 1.29 is 19.1 Å². The highest BCUT2D eigenvalue weighted by Crippen LogP contribution is 2.48. The molecule has 4 rings (SSSR count). The van der Waals surface area contributed by atoms with Crippen molar-refractivity contribution >= 4 is 29.1 Å². The van der Waals surface area contributed by atoms with Gasteiger partial charge in [-0.15, -0.1) is 11.3 Å². The monoisotopic (exact) mass is 320 g/mol. The molecule has 22 heavy (non-hydrogen) atoms. The SMILES string of the molecule is CCc1cc(C(=O)NN2C(=O)[C@@H]3[C@H](C2=O)[C@H]2CC[C@@H]3O2)cs1. The summed E-state index contributed by atoms with van der Waals surface area (Å²) in [6.45, 7) is 2.01. The summed E-state index contributed by atoms with van der Waals surface area (Å²) in [5.74, 6) is -1.91. The van der Waals surface area contributed by atoms with E-state index in [2.05, 4.69) is 5.43 Å². The number of amides is 3. The van der Waals surface area contributed by atoms with E-state index in [-0.39, 0.29) is 24.0 Å². The summed E-state index contributed by atoms with van der Waals surface area (Å²) < 4.78 is 5.66. The second-order valence-electron chi connectivity index (χ2n) is 5.95. The smallest absolute Gasteiger partial charge is 0.271 e. The minimum Gasteiger partial charge on any atom is -0.373 e. The van der Waals surface area contributed by atoms with Crippen LogP contribution < -0.4 is 5.43 Å². The zero-order valence-corrected chi connectivity index (χ0v) is 12.9. The van der Waals surface area contributed by atoms with Crippen molar-refractivity contribution in [3.63, 3.8) is 0 Å². The zero-order chi connectivity index (χ0) is 15.4. The first-order valence-electron chi connectivity index (χ1n) is 7.51. The fourth-order valence-corrected chi connectivity index (χ4v) is 4.49. The van der Waals surface area contributed by atoms with Crippen LogP contribution >= 0.6 is 11.3 Å². The van der Waals surface area contributed by atoms with Gasteiger partial charge >= 0.3 is 0 Å². The molecule has 3 aliphatic heterocycles. The van der Waals surface area contributed by atoms with E-state index in [1.54, 1.807) is 11.4 Å². The summed E-state index contributed by atoms with van der Waals surface area (Å²) in [7, 11) is 0. The molecule has 116 valence electrons. The summed E-state index contributed by atoms with van der Waals surface area (Å²) in [4.78, 5) is 38.2. The fraction of sp³-hybridized carbons (Fsp3) is 0.533. The maximum Gasteiger partial charge on any atom is 0.271 e. The van der Waals surface area contributed by atoms with Crippen LogP contribution in [0.3, 0.4) is 0 Å². The lowest BCUT2D eigenvalue weighted by atomic mass is 9.81. The summed E-state index contributed by atoms with van der Waals surface area (Å²) in [5, 5.41) is 2.65. The molecule has 0 spiro atoms. The molecule has 0 aromatic carbocycles. The van der Waals surface area contributed by atoms with Crippen LogP contribution in [0.4, 0.5) is 0 Å².